The van der Waals surface area contributed by atoms with Gasteiger partial charge in [-0.3, -0.25) is 9.59 Å². The standard InChI is InChI=1S/C19H29N3O5S/c1-15-6-8-17(9-7-15)28(25,26)22-13-4-3-5-16(22)10-11-20-18(23)19(24)21-12-14-27-2/h6-9,16H,3-5,10-14H2,1-2H3,(H,20,23)(H,21,24)/t16-/m0/s1. The largest absolute Gasteiger partial charge is 0.383 e. The fraction of sp³-hybridized carbons (Fsp3) is 0.579. The first kappa shape index (κ1) is 22.3. The molecule has 2 N–H and O–H groups in total. The third kappa shape index (κ3) is 6.02. The Bertz CT molecular complexity index is 764. The zero-order chi connectivity index (χ0) is 20.6. The van der Waals surface area contributed by atoms with Crippen LogP contribution in [0.5, 0.6) is 0 Å². The number of piperidine rings is 1. The molecule has 1 aromatic rings. The Morgan fingerprint density at radius 2 is 1.75 bits per heavy atom. The summed E-state index contributed by atoms with van der Waals surface area (Å²) in [7, 11) is -2.08. The number of carbonyl (C=O) groups is 2. The lowest BCUT2D eigenvalue weighted by molar-refractivity contribution is -0.139. The summed E-state index contributed by atoms with van der Waals surface area (Å²) in [4.78, 5) is 23.7. The van der Waals surface area contributed by atoms with Gasteiger partial charge < -0.3 is 15.4 Å². The molecule has 0 aliphatic carbocycles. The van der Waals surface area contributed by atoms with Crippen molar-refractivity contribution in [3.63, 3.8) is 0 Å². The summed E-state index contributed by atoms with van der Waals surface area (Å²) < 4.78 is 32.4. The Morgan fingerprint density at radius 3 is 2.39 bits per heavy atom. The first-order valence-corrected chi connectivity index (χ1v) is 10.9. The third-order valence-corrected chi connectivity index (χ3v) is 6.73. The highest BCUT2D eigenvalue weighted by Gasteiger charge is 2.33. The highest BCUT2D eigenvalue weighted by Crippen LogP contribution is 2.27. The van der Waals surface area contributed by atoms with E-state index in [0.29, 0.717) is 19.6 Å². The van der Waals surface area contributed by atoms with E-state index in [2.05, 4.69) is 10.6 Å². The summed E-state index contributed by atoms with van der Waals surface area (Å²) in [6.45, 7) is 3.20. The lowest BCUT2D eigenvalue weighted by atomic mass is 10.0. The average molecular weight is 412 g/mol. The second kappa shape index (κ2) is 10.5. The molecule has 0 unspecified atom stereocenters. The van der Waals surface area contributed by atoms with Crippen LogP contribution >= 0.6 is 0 Å². The quantitative estimate of drug-likeness (QED) is 0.486. The molecular weight excluding hydrogens is 382 g/mol. The minimum Gasteiger partial charge on any atom is -0.383 e. The van der Waals surface area contributed by atoms with Crippen molar-refractivity contribution >= 4 is 21.8 Å². The second-order valence-electron chi connectivity index (χ2n) is 6.87. The summed E-state index contributed by atoms with van der Waals surface area (Å²) in [6.07, 6.45) is 2.95. The van der Waals surface area contributed by atoms with Gasteiger partial charge in [0.2, 0.25) is 10.0 Å². The van der Waals surface area contributed by atoms with Crippen molar-refractivity contribution in [3.8, 4) is 0 Å². The molecule has 1 aliphatic rings. The van der Waals surface area contributed by atoms with Gasteiger partial charge in [-0.1, -0.05) is 24.1 Å². The van der Waals surface area contributed by atoms with Crippen LogP contribution in [0.4, 0.5) is 0 Å². The second-order valence-corrected chi connectivity index (χ2v) is 8.76. The molecule has 8 nitrogen and oxygen atoms in total. The average Bonchev–Trinajstić information content (AvgIpc) is 2.68. The fourth-order valence-electron chi connectivity index (χ4n) is 3.20. The molecule has 0 radical (unpaired) electrons. The van der Waals surface area contributed by atoms with E-state index in [0.717, 1.165) is 24.8 Å². The van der Waals surface area contributed by atoms with Gasteiger partial charge in [0.15, 0.2) is 0 Å². The molecule has 2 rings (SSSR count). The van der Waals surface area contributed by atoms with E-state index >= 15 is 0 Å². The first-order valence-electron chi connectivity index (χ1n) is 9.49. The van der Waals surface area contributed by atoms with Crippen molar-refractivity contribution in [2.75, 3.05) is 33.4 Å². The number of hydrogen-bond donors (Lipinski definition) is 2. The number of carbonyl (C=O) groups excluding carboxylic acids is 2. The molecule has 156 valence electrons. The molecule has 0 saturated carbocycles. The lowest BCUT2D eigenvalue weighted by Crippen LogP contribution is -2.46. The number of hydrogen-bond acceptors (Lipinski definition) is 5. The van der Waals surface area contributed by atoms with E-state index in [1.54, 1.807) is 24.3 Å². The SMILES string of the molecule is COCCNC(=O)C(=O)NCC[C@@H]1CCCCN1S(=O)(=O)c1ccc(C)cc1. The minimum atomic E-state index is -3.58. The maximum absolute atomic E-state index is 13.0. The van der Waals surface area contributed by atoms with Gasteiger partial charge >= 0.3 is 11.8 Å². The Labute approximate surface area is 166 Å². The Morgan fingerprint density at radius 1 is 1.11 bits per heavy atom. The van der Waals surface area contributed by atoms with E-state index in [1.807, 2.05) is 6.92 Å². The number of nitrogens with one attached hydrogen (secondary N) is 2. The van der Waals surface area contributed by atoms with Crippen LogP contribution in [0.25, 0.3) is 0 Å². The summed E-state index contributed by atoms with van der Waals surface area (Å²) in [5.41, 5.74) is 1.00. The number of amides is 2. The minimum absolute atomic E-state index is 0.197. The molecule has 1 aromatic carbocycles. The van der Waals surface area contributed by atoms with Crippen molar-refractivity contribution in [3.05, 3.63) is 29.8 Å². The van der Waals surface area contributed by atoms with Crippen LogP contribution in [0, 0.1) is 6.92 Å². The van der Waals surface area contributed by atoms with Crippen LogP contribution in [0.1, 0.15) is 31.2 Å². The molecule has 0 aromatic heterocycles. The van der Waals surface area contributed by atoms with E-state index in [9.17, 15) is 18.0 Å². The van der Waals surface area contributed by atoms with E-state index in [4.69, 9.17) is 4.74 Å². The molecule has 28 heavy (non-hydrogen) atoms. The summed E-state index contributed by atoms with van der Waals surface area (Å²) in [5, 5.41) is 5.01. The molecule has 0 bridgehead atoms. The highest BCUT2D eigenvalue weighted by atomic mass is 32.2. The molecule has 1 atom stereocenters. The zero-order valence-electron chi connectivity index (χ0n) is 16.4. The molecular formula is C19H29N3O5S. The molecule has 2 amide bonds. The zero-order valence-corrected chi connectivity index (χ0v) is 17.3. The van der Waals surface area contributed by atoms with Crippen LogP contribution in [0.15, 0.2) is 29.2 Å². The van der Waals surface area contributed by atoms with E-state index < -0.39 is 21.8 Å². The maximum Gasteiger partial charge on any atom is 0.309 e. The van der Waals surface area contributed by atoms with Crippen LogP contribution in [0.2, 0.25) is 0 Å². The smallest absolute Gasteiger partial charge is 0.309 e. The summed E-state index contributed by atoms with van der Waals surface area (Å²) in [6, 6.07) is 6.63. The van der Waals surface area contributed by atoms with Crippen LogP contribution in [0.3, 0.4) is 0 Å². The van der Waals surface area contributed by atoms with Crippen LogP contribution < -0.4 is 10.6 Å². The Kier molecular flexibility index (Phi) is 8.40. The summed E-state index contributed by atoms with van der Waals surface area (Å²) >= 11 is 0. The van der Waals surface area contributed by atoms with Crippen LogP contribution in [-0.2, 0) is 24.3 Å². The predicted octanol–water partition coefficient (Wildman–Crippen LogP) is 0.807. The number of sulfonamides is 1. The fourth-order valence-corrected chi connectivity index (χ4v) is 4.93. The van der Waals surface area contributed by atoms with E-state index in [1.165, 1.54) is 11.4 Å². The number of nitrogens with zero attached hydrogens (tertiary/aromatic N) is 1. The van der Waals surface area contributed by atoms with Gasteiger partial charge in [-0.2, -0.15) is 4.31 Å². The maximum atomic E-state index is 13.0. The van der Waals surface area contributed by atoms with Gasteiger partial charge in [-0.25, -0.2) is 8.42 Å². The normalized spacial score (nSPS) is 17.9. The Hall–Kier alpha value is -1.97. The van der Waals surface area contributed by atoms with Gasteiger partial charge in [-0.15, -0.1) is 0 Å². The number of methoxy groups -OCH3 is 1. The molecule has 1 saturated heterocycles. The third-order valence-electron chi connectivity index (χ3n) is 4.76. The number of aryl methyl sites for hydroxylation is 1. The molecule has 0 spiro atoms. The van der Waals surface area contributed by atoms with Crippen molar-refractivity contribution in [2.45, 2.75) is 43.5 Å². The van der Waals surface area contributed by atoms with Gasteiger partial charge in [0, 0.05) is 32.8 Å². The topological polar surface area (TPSA) is 105 Å². The van der Waals surface area contributed by atoms with Gasteiger partial charge in [-0.05, 0) is 38.3 Å². The van der Waals surface area contributed by atoms with Gasteiger partial charge in [0.1, 0.15) is 0 Å². The van der Waals surface area contributed by atoms with Crippen LogP contribution in [-0.4, -0.2) is 63.9 Å². The monoisotopic (exact) mass is 411 g/mol. The molecule has 1 heterocycles. The Balaban J connectivity index is 1.93. The molecule has 9 heteroatoms. The first-order chi connectivity index (χ1) is 13.4. The van der Waals surface area contributed by atoms with Crippen molar-refractivity contribution in [2.24, 2.45) is 0 Å². The predicted molar refractivity (Wildman–Crippen MR) is 105 cm³/mol. The van der Waals surface area contributed by atoms with E-state index in [-0.39, 0.29) is 24.0 Å². The van der Waals surface area contributed by atoms with Crippen molar-refractivity contribution < 1.29 is 22.7 Å². The summed E-state index contributed by atoms with van der Waals surface area (Å²) in [5.74, 6) is -1.44. The number of rotatable bonds is 8. The van der Waals surface area contributed by atoms with Gasteiger partial charge in [0.05, 0.1) is 11.5 Å². The highest BCUT2D eigenvalue weighted by molar-refractivity contribution is 7.89. The lowest BCUT2D eigenvalue weighted by Gasteiger charge is -2.34. The molecule has 1 fully saturated rings. The van der Waals surface area contributed by atoms with Crippen molar-refractivity contribution in [1.82, 2.24) is 14.9 Å². The number of ether oxygens (including phenoxy) is 1. The number of benzene rings is 1. The van der Waals surface area contributed by atoms with Crippen molar-refractivity contribution in [1.29, 1.82) is 0 Å². The molecule has 1 aliphatic heterocycles. The van der Waals surface area contributed by atoms with Gasteiger partial charge in [0.25, 0.3) is 0 Å².